The van der Waals surface area contributed by atoms with Gasteiger partial charge in [0.05, 0.1) is 24.0 Å². The van der Waals surface area contributed by atoms with Crippen molar-refractivity contribution in [2.45, 2.75) is 18.4 Å². The molecule has 1 aliphatic heterocycles. The summed E-state index contributed by atoms with van der Waals surface area (Å²) >= 11 is 0. The molecule has 1 fully saturated rings. The average Bonchev–Trinajstić information content (AvgIpc) is 2.46. The van der Waals surface area contributed by atoms with Crippen LogP contribution in [0, 0.1) is 0 Å². The number of amides is 1. The van der Waals surface area contributed by atoms with E-state index in [-0.39, 0.29) is 12.5 Å². The minimum Gasteiger partial charge on any atom is -0.494 e. The number of nitrogens with zero attached hydrogens (tertiary/aromatic N) is 1. The Morgan fingerprint density at radius 2 is 2.14 bits per heavy atom. The molecule has 0 unspecified atom stereocenters. The summed E-state index contributed by atoms with van der Waals surface area (Å²) < 4.78 is 10.5. The van der Waals surface area contributed by atoms with Crippen LogP contribution in [-0.4, -0.2) is 55.4 Å². The number of para-hydroxylation sites is 1. The van der Waals surface area contributed by atoms with Gasteiger partial charge in [-0.15, -0.1) is 0 Å². The molecule has 1 saturated heterocycles. The van der Waals surface area contributed by atoms with Crippen molar-refractivity contribution in [1.29, 1.82) is 0 Å². The summed E-state index contributed by atoms with van der Waals surface area (Å²) in [6.07, 6.45) is 1.05. The number of hydrogen-bond acceptors (Lipinski definition) is 5. The third kappa shape index (κ3) is 3.46. The normalized spacial score (nSPS) is 17.3. The van der Waals surface area contributed by atoms with Gasteiger partial charge in [0.2, 0.25) is 0 Å². The first kappa shape index (κ1) is 15.6. The van der Waals surface area contributed by atoms with E-state index in [1.165, 1.54) is 12.0 Å². The van der Waals surface area contributed by atoms with E-state index in [0.29, 0.717) is 43.1 Å². The first-order valence-corrected chi connectivity index (χ1v) is 6.95. The standard InChI is InChI=1S/C15H22N2O4/c1-17(10-15(19)6-8-21-9-7-15)14(18)11-4-3-5-12(16)13(11)20-2/h3-5,19H,6-10,16H2,1-2H3. The number of methoxy groups -OCH3 is 1. The molecule has 1 aliphatic rings. The van der Waals surface area contributed by atoms with Crippen LogP contribution in [0.25, 0.3) is 0 Å². The van der Waals surface area contributed by atoms with Gasteiger partial charge >= 0.3 is 0 Å². The van der Waals surface area contributed by atoms with Crippen LogP contribution in [0.3, 0.4) is 0 Å². The van der Waals surface area contributed by atoms with Gasteiger partial charge in [0.25, 0.3) is 5.91 Å². The van der Waals surface area contributed by atoms with E-state index in [9.17, 15) is 9.90 Å². The average molecular weight is 294 g/mol. The number of ether oxygens (including phenoxy) is 2. The van der Waals surface area contributed by atoms with Crippen molar-refractivity contribution in [2.24, 2.45) is 0 Å². The summed E-state index contributed by atoms with van der Waals surface area (Å²) in [5, 5.41) is 10.5. The predicted molar refractivity (Wildman–Crippen MR) is 79.4 cm³/mol. The molecule has 1 aromatic rings. The lowest BCUT2D eigenvalue weighted by molar-refractivity contribution is -0.0734. The van der Waals surface area contributed by atoms with Crippen LogP contribution in [0.4, 0.5) is 5.69 Å². The van der Waals surface area contributed by atoms with Crippen LogP contribution in [-0.2, 0) is 4.74 Å². The van der Waals surface area contributed by atoms with Gasteiger partial charge in [0.15, 0.2) is 5.75 Å². The Kier molecular flexibility index (Phi) is 4.69. The molecule has 0 aliphatic carbocycles. The van der Waals surface area contributed by atoms with E-state index in [4.69, 9.17) is 15.2 Å². The van der Waals surface area contributed by atoms with Crippen molar-refractivity contribution in [3.63, 3.8) is 0 Å². The molecule has 1 aromatic carbocycles. The molecule has 2 rings (SSSR count). The highest BCUT2D eigenvalue weighted by atomic mass is 16.5. The second-order valence-electron chi connectivity index (χ2n) is 5.43. The monoisotopic (exact) mass is 294 g/mol. The largest absolute Gasteiger partial charge is 0.494 e. The molecule has 6 heteroatoms. The summed E-state index contributed by atoms with van der Waals surface area (Å²) in [7, 11) is 3.15. The third-order valence-corrected chi connectivity index (χ3v) is 3.78. The Bertz CT molecular complexity index is 512. The molecule has 21 heavy (non-hydrogen) atoms. The first-order chi connectivity index (χ1) is 9.97. The Balaban J connectivity index is 2.14. The highest BCUT2D eigenvalue weighted by Gasteiger charge is 2.33. The minimum absolute atomic E-state index is 0.223. The van der Waals surface area contributed by atoms with Crippen molar-refractivity contribution in [3.05, 3.63) is 23.8 Å². The van der Waals surface area contributed by atoms with E-state index < -0.39 is 5.60 Å². The van der Waals surface area contributed by atoms with Crippen molar-refractivity contribution < 1.29 is 19.4 Å². The molecule has 0 radical (unpaired) electrons. The fourth-order valence-corrected chi connectivity index (χ4v) is 2.58. The van der Waals surface area contributed by atoms with Crippen LogP contribution >= 0.6 is 0 Å². The lowest BCUT2D eigenvalue weighted by atomic mass is 9.93. The van der Waals surface area contributed by atoms with Gasteiger partial charge in [-0.1, -0.05) is 6.07 Å². The van der Waals surface area contributed by atoms with Gasteiger partial charge < -0.3 is 25.2 Å². The van der Waals surface area contributed by atoms with Crippen molar-refractivity contribution in [1.82, 2.24) is 4.90 Å². The zero-order chi connectivity index (χ0) is 15.5. The maximum absolute atomic E-state index is 12.5. The summed E-state index contributed by atoms with van der Waals surface area (Å²) in [6, 6.07) is 5.06. The van der Waals surface area contributed by atoms with Crippen LogP contribution in [0.2, 0.25) is 0 Å². The highest BCUT2D eigenvalue weighted by molar-refractivity contribution is 5.98. The van der Waals surface area contributed by atoms with E-state index in [2.05, 4.69) is 0 Å². The SMILES string of the molecule is COc1c(N)cccc1C(=O)N(C)CC1(O)CCOCC1. The molecular formula is C15H22N2O4. The van der Waals surface area contributed by atoms with Crippen molar-refractivity contribution in [3.8, 4) is 5.75 Å². The Morgan fingerprint density at radius 1 is 1.48 bits per heavy atom. The number of likely N-dealkylation sites (N-methyl/N-ethyl adjacent to an activating group) is 1. The van der Waals surface area contributed by atoms with Gasteiger partial charge in [-0.05, 0) is 12.1 Å². The van der Waals surface area contributed by atoms with Crippen LogP contribution < -0.4 is 10.5 Å². The number of aliphatic hydroxyl groups is 1. The summed E-state index contributed by atoms with van der Waals surface area (Å²) in [5.41, 5.74) is 5.74. The summed E-state index contributed by atoms with van der Waals surface area (Å²) in [6.45, 7) is 1.29. The van der Waals surface area contributed by atoms with Gasteiger partial charge in [-0.25, -0.2) is 0 Å². The van der Waals surface area contributed by atoms with E-state index >= 15 is 0 Å². The second kappa shape index (κ2) is 6.32. The zero-order valence-electron chi connectivity index (χ0n) is 12.5. The topological polar surface area (TPSA) is 85.0 Å². The number of benzene rings is 1. The Hall–Kier alpha value is -1.79. The predicted octanol–water partition coefficient (Wildman–Crippen LogP) is 0.891. The fraction of sp³-hybridized carbons (Fsp3) is 0.533. The second-order valence-corrected chi connectivity index (χ2v) is 5.43. The Labute approximate surface area is 124 Å². The number of rotatable bonds is 4. The molecule has 0 atom stereocenters. The van der Waals surface area contributed by atoms with Gasteiger partial charge in [-0.3, -0.25) is 4.79 Å². The number of nitrogens with two attached hydrogens (primary N) is 1. The number of anilines is 1. The molecule has 1 heterocycles. The molecule has 116 valence electrons. The minimum atomic E-state index is -0.893. The number of nitrogen functional groups attached to an aromatic ring is 1. The van der Waals surface area contributed by atoms with Crippen molar-refractivity contribution in [2.75, 3.05) is 39.6 Å². The maximum Gasteiger partial charge on any atom is 0.257 e. The third-order valence-electron chi connectivity index (χ3n) is 3.78. The first-order valence-electron chi connectivity index (χ1n) is 6.95. The molecule has 0 saturated carbocycles. The summed E-state index contributed by atoms with van der Waals surface area (Å²) in [4.78, 5) is 14.0. The smallest absolute Gasteiger partial charge is 0.257 e. The lowest BCUT2D eigenvalue weighted by Crippen LogP contribution is -2.47. The van der Waals surface area contributed by atoms with Gasteiger partial charge in [0, 0.05) is 39.6 Å². The maximum atomic E-state index is 12.5. The van der Waals surface area contributed by atoms with E-state index in [1.54, 1.807) is 25.2 Å². The molecule has 6 nitrogen and oxygen atoms in total. The van der Waals surface area contributed by atoms with Gasteiger partial charge in [0.1, 0.15) is 0 Å². The Morgan fingerprint density at radius 3 is 2.76 bits per heavy atom. The van der Waals surface area contributed by atoms with E-state index in [0.717, 1.165) is 0 Å². The molecule has 1 amide bonds. The summed E-state index contributed by atoms with van der Waals surface area (Å²) in [5.74, 6) is 0.146. The van der Waals surface area contributed by atoms with Crippen LogP contribution in [0.15, 0.2) is 18.2 Å². The molecule has 0 spiro atoms. The highest BCUT2D eigenvalue weighted by Crippen LogP contribution is 2.28. The fourth-order valence-electron chi connectivity index (χ4n) is 2.58. The lowest BCUT2D eigenvalue weighted by Gasteiger charge is -2.35. The van der Waals surface area contributed by atoms with Gasteiger partial charge in [-0.2, -0.15) is 0 Å². The molecular weight excluding hydrogens is 272 g/mol. The zero-order valence-corrected chi connectivity index (χ0v) is 12.5. The van der Waals surface area contributed by atoms with Crippen molar-refractivity contribution >= 4 is 11.6 Å². The molecule has 0 bridgehead atoms. The number of carbonyl (C=O) groups is 1. The van der Waals surface area contributed by atoms with E-state index in [1.807, 2.05) is 0 Å². The molecule has 0 aromatic heterocycles. The van der Waals surface area contributed by atoms with Crippen LogP contribution in [0.5, 0.6) is 5.75 Å². The quantitative estimate of drug-likeness (QED) is 0.806. The molecule has 3 N–H and O–H groups in total. The van der Waals surface area contributed by atoms with Crippen LogP contribution in [0.1, 0.15) is 23.2 Å². The number of hydrogen-bond donors (Lipinski definition) is 2. The number of carbonyl (C=O) groups excluding carboxylic acids is 1.